The van der Waals surface area contributed by atoms with Crippen LogP contribution < -0.4 is 21.5 Å². The number of rotatable bonds is 9. The Balaban J connectivity index is 1.36. The number of carboxylic acid groups (broad SMARTS) is 1. The van der Waals surface area contributed by atoms with Crippen LogP contribution in [0.5, 0.6) is 5.75 Å². The smallest absolute Gasteiger partial charge is 0.328 e. The van der Waals surface area contributed by atoms with Crippen LogP contribution in [0.25, 0.3) is 0 Å². The predicted octanol–water partition coefficient (Wildman–Crippen LogP) is 2.94. The van der Waals surface area contributed by atoms with Gasteiger partial charge in [0.15, 0.2) is 11.5 Å². The minimum absolute atomic E-state index is 0.0118. The Morgan fingerprint density at radius 2 is 1.69 bits per heavy atom. The molecule has 0 saturated carbocycles. The molecule has 0 bridgehead atoms. The molecule has 12 heteroatoms. The standard InChI is InChI=1S/C30H28N4O8/c1-2-19(17-8-4-3-5-9-17)31-23-24(27(37)26(23)36)32-20-11-6-10-18(25(20)35)28(38)34-14-13-33(16-21(34)30(40)41)29(39)22-12-7-15-42-22/h3-12,15,19,21,31-32,35H,2,13-14,16H2,1H3,(H,40,41)/t19-,21?/m1/s1. The van der Waals surface area contributed by atoms with E-state index in [1.54, 1.807) is 6.07 Å². The van der Waals surface area contributed by atoms with Gasteiger partial charge in [0.2, 0.25) is 0 Å². The molecule has 2 atom stereocenters. The first-order valence-corrected chi connectivity index (χ1v) is 13.3. The molecule has 4 N–H and O–H groups in total. The Bertz CT molecular complexity index is 1690. The summed E-state index contributed by atoms with van der Waals surface area (Å²) in [5, 5.41) is 26.8. The van der Waals surface area contributed by atoms with E-state index in [4.69, 9.17) is 4.42 Å². The lowest BCUT2D eigenvalue weighted by molar-refractivity contribution is -0.144. The number of aromatic hydroxyl groups is 1. The first-order chi connectivity index (χ1) is 20.2. The first kappa shape index (κ1) is 28.1. The van der Waals surface area contributed by atoms with Crippen molar-refractivity contribution in [2.45, 2.75) is 25.4 Å². The van der Waals surface area contributed by atoms with Gasteiger partial charge in [-0.2, -0.15) is 0 Å². The second-order valence-corrected chi connectivity index (χ2v) is 9.83. The number of phenols is 1. The van der Waals surface area contributed by atoms with E-state index in [-0.39, 0.29) is 54.1 Å². The van der Waals surface area contributed by atoms with Crippen molar-refractivity contribution < 1.29 is 29.0 Å². The number of nitrogens with one attached hydrogen (secondary N) is 2. The van der Waals surface area contributed by atoms with Crippen molar-refractivity contribution in [3.63, 3.8) is 0 Å². The Morgan fingerprint density at radius 3 is 2.36 bits per heavy atom. The number of para-hydroxylation sites is 1. The average Bonchev–Trinajstić information content (AvgIpc) is 3.56. The van der Waals surface area contributed by atoms with Gasteiger partial charge in [0.05, 0.1) is 30.1 Å². The van der Waals surface area contributed by atoms with Crippen LogP contribution in [0.15, 0.2) is 80.9 Å². The molecule has 5 rings (SSSR count). The van der Waals surface area contributed by atoms with E-state index in [9.17, 15) is 34.2 Å². The topological polar surface area (TPSA) is 169 Å². The number of anilines is 3. The number of amides is 2. The highest BCUT2D eigenvalue weighted by Gasteiger charge is 2.39. The van der Waals surface area contributed by atoms with Gasteiger partial charge in [0, 0.05) is 13.1 Å². The fourth-order valence-corrected chi connectivity index (χ4v) is 5.01. The van der Waals surface area contributed by atoms with Crippen LogP contribution in [0.1, 0.15) is 45.9 Å². The fourth-order valence-electron chi connectivity index (χ4n) is 5.01. The van der Waals surface area contributed by atoms with Crippen LogP contribution in [0.4, 0.5) is 17.1 Å². The number of furan rings is 1. The molecule has 1 unspecified atom stereocenters. The molecule has 42 heavy (non-hydrogen) atoms. The summed E-state index contributed by atoms with van der Waals surface area (Å²) in [7, 11) is 0. The summed E-state index contributed by atoms with van der Waals surface area (Å²) >= 11 is 0. The van der Waals surface area contributed by atoms with Crippen molar-refractivity contribution in [2.24, 2.45) is 0 Å². The van der Waals surface area contributed by atoms with Gasteiger partial charge in [-0.1, -0.05) is 43.3 Å². The summed E-state index contributed by atoms with van der Waals surface area (Å²) in [5.41, 5.74) is -0.765. The third-order valence-electron chi connectivity index (χ3n) is 7.31. The lowest BCUT2D eigenvalue weighted by atomic mass is 10.0. The second kappa shape index (κ2) is 11.6. The number of hydrogen-bond acceptors (Lipinski definition) is 9. The van der Waals surface area contributed by atoms with E-state index < -0.39 is 40.4 Å². The number of phenolic OH excluding ortho intramolecular Hbond substituents is 1. The lowest BCUT2D eigenvalue weighted by Gasteiger charge is -2.39. The SMILES string of the molecule is CC[C@@H](Nc1c(Nc2cccc(C(=O)N3CCN(C(=O)c4ccco4)CC3C(=O)O)c2O)c(=O)c1=O)c1ccccc1. The number of carbonyl (C=O) groups is 3. The summed E-state index contributed by atoms with van der Waals surface area (Å²) in [4.78, 5) is 65.6. The molecule has 4 aromatic rings. The van der Waals surface area contributed by atoms with Crippen LogP contribution in [-0.4, -0.2) is 63.5 Å². The zero-order valence-electron chi connectivity index (χ0n) is 22.6. The van der Waals surface area contributed by atoms with E-state index >= 15 is 0 Å². The molecule has 12 nitrogen and oxygen atoms in total. The number of aliphatic carboxylic acids is 1. The van der Waals surface area contributed by atoms with Crippen LogP contribution >= 0.6 is 0 Å². The molecule has 1 aliphatic heterocycles. The summed E-state index contributed by atoms with van der Waals surface area (Å²) < 4.78 is 5.12. The zero-order chi connectivity index (χ0) is 30.0. The molecular formula is C30H28N4O8. The Hall–Kier alpha value is -5.39. The molecular weight excluding hydrogens is 544 g/mol. The maximum atomic E-state index is 13.5. The third kappa shape index (κ3) is 5.21. The van der Waals surface area contributed by atoms with Gasteiger partial charge in [-0.15, -0.1) is 0 Å². The highest BCUT2D eigenvalue weighted by atomic mass is 16.4. The number of nitrogens with zero attached hydrogens (tertiary/aromatic N) is 2. The summed E-state index contributed by atoms with van der Waals surface area (Å²) in [5.74, 6) is -3.06. The highest BCUT2D eigenvalue weighted by molar-refractivity contribution is 6.01. The van der Waals surface area contributed by atoms with Crippen molar-refractivity contribution in [1.29, 1.82) is 0 Å². The van der Waals surface area contributed by atoms with E-state index in [0.717, 1.165) is 10.5 Å². The monoisotopic (exact) mass is 572 g/mol. The molecule has 3 aromatic carbocycles. The van der Waals surface area contributed by atoms with Crippen LogP contribution in [-0.2, 0) is 4.79 Å². The van der Waals surface area contributed by atoms with E-state index in [1.165, 1.54) is 35.4 Å². The van der Waals surface area contributed by atoms with Crippen molar-refractivity contribution in [2.75, 3.05) is 30.3 Å². The van der Waals surface area contributed by atoms with Crippen molar-refractivity contribution >= 4 is 34.8 Å². The molecule has 2 amide bonds. The number of benzene rings is 2. The van der Waals surface area contributed by atoms with Gasteiger partial charge in [0.25, 0.3) is 22.7 Å². The predicted molar refractivity (Wildman–Crippen MR) is 153 cm³/mol. The molecule has 1 fully saturated rings. The molecule has 0 radical (unpaired) electrons. The first-order valence-electron chi connectivity index (χ1n) is 13.3. The maximum absolute atomic E-state index is 13.5. The van der Waals surface area contributed by atoms with Crippen molar-refractivity contribution in [3.05, 3.63) is 104 Å². The van der Waals surface area contributed by atoms with Crippen molar-refractivity contribution in [1.82, 2.24) is 9.80 Å². The van der Waals surface area contributed by atoms with E-state index in [0.29, 0.717) is 6.42 Å². The molecule has 2 heterocycles. The van der Waals surface area contributed by atoms with Gasteiger partial charge >= 0.3 is 5.97 Å². The molecule has 1 saturated heterocycles. The zero-order valence-corrected chi connectivity index (χ0v) is 22.6. The van der Waals surface area contributed by atoms with Gasteiger partial charge in [-0.05, 0) is 36.2 Å². The minimum Gasteiger partial charge on any atom is -0.505 e. The largest absolute Gasteiger partial charge is 0.505 e. The lowest BCUT2D eigenvalue weighted by Crippen LogP contribution is -2.59. The summed E-state index contributed by atoms with van der Waals surface area (Å²) in [6.45, 7) is 1.59. The molecule has 0 spiro atoms. The number of carboxylic acids is 1. The fraction of sp³-hybridized carbons (Fsp3) is 0.233. The molecule has 1 aliphatic rings. The minimum atomic E-state index is -1.38. The number of piperazine rings is 1. The normalized spacial score (nSPS) is 15.8. The average molecular weight is 573 g/mol. The van der Waals surface area contributed by atoms with E-state index in [2.05, 4.69) is 10.6 Å². The third-order valence-corrected chi connectivity index (χ3v) is 7.31. The quantitative estimate of drug-likeness (QED) is 0.173. The maximum Gasteiger partial charge on any atom is 0.328 e. The Morgan fingerprint density at radius 1 is 0.952 bits per heavy atom. The van der Waals surface area contributed by atoms with Crippen LogP contribution in [0.2, 0.25) is 0 Å². The summed E-state index contributed by atoms with van der Waals surface area (Å²) in [6, 6.07) is 15.0. The number of hydrogen-bond donors (Lipinski definition) is 4. The van der Waals surface area contributed by atoms with Crippen LogP contribution in [0, 0.1) is 0 Å². The second-order valence-electron chi connectivity index (χ2n) is 9.83. The van der Waals surface area contributed by atoms with Gasteiger partial charge in [-0.25, -0.2) is 4.79 Å². The highest BCUT2D eigenvalue weighted by Crippen LogP contribution is 2.34. The van der Waals surface area contributed by atoms with E-state index in [1.807, 2.05) is 37.3 Å². The van der Waals surface area contributed by atoms with Gasteiger partial charge in [-0.3, -0.25) is 19.2 Å². The molecule has 1 aromatic heterocycles. The molecule has 216 valence electrons. The Labute approximate surface area is 239 Å². The van der Waals surface area contributed by atoms with Crippen LogP contribution in [0.3, 0.4) is 0 Å². The van der Waals surface area contributed by atoms with Gasteiger partial charge < -0.3 is 35.1 Å². The summed E-state index contributed by atoms with van der Waals surface area (Å²) in [6.07, 6.45) is 1.96. The van der Waals surface area contributed by atoms with Crippen molar-refractivity contribution in [3.8, 4) is 5.75 Å². The number of carbonyl (C=O) groups excluding carboxylic acids is 2. The van der Waals surface area contributed by atoms with Gasteiger partial charge in [0.1, 0.15) is 17.4 Å². The Kier molecular flexibility index (Phi) is 7.78. The molecule has 0 aliphatic carbocycles.